The lowest BCUT2D eigenvalue weighted by Crippen LogP contribution is -2.47. The summed E-state index contributed by atoms with van der Waals surface area (Å²) < 4.78 is 1.85. The first-order chi connectivity index (χ1) is 12.5. The van der Waals surface area contributed by atoms with Crippen LogP contribution >= 0.6 is 0 Å². The molecule has 0 spiro atoms. The van der Waals surface area contributed by atoms with Gasteiger partial charge in [-0.15, -0.1) is 0 Å². The van der Waals surface area contributed by atoms with E-state index in [0.717, 1.165) is 50.0 Å². The topological polar surface area (TPSA) is 58.4 Å². The van der Waals surface area contributed by atoms with Gasteiger partial charge in [0.1, 0.15) is 0 Å². The summed E-state index contributed by atoms with van der Waals surface area (Å²) in [6.07, 6.45) is 7.31. The lowest BCUT2D eigenvalue weighted by molar-refractivity contribution is 0.104. The number of hydrogen-bond donors (Lipinski definition) is 2. The summed E-state index contributed by atoms with van der Waals surface area (Å²) >= 11 is 0. The highest BCUT2D eigenvalue weighted by molar-refractivity contribution is 5.79. The van der Waals surface area contributed by atoms with Crippen LogP contribution in [0.2, 0.25) is 0 Å². The van der Waals surface area contributed by atoms with Gasteiger partial charge in [0.25, 0.3) is 5.56 Å². The predicted molar refractivity (Wildman–Crippen MR) is 110 cm³/mol. The van der Waals surface area contributed by atoms with Gasteiger partial charge in [0.2, 0.25) is 0 Å². The van der Waals surface area contributed by atoms with Crippen molar-refractivity contribution in [3.63, 3.8) is 0 Å². The van der Waals surface area contributed by atoms with Crippen LogP contribution in [0.1, 0.15) is 58.1 Å². The van der Waals surface area contributed by atoms with Crippen molar-refractivity contribution in [3.05, 3.63) is 34.2 Å². The number of aliphatic imine (C=N–C) groups is 1. The maximum absolute atomic E-state index is 11.9. The second kappa shape index (κ2) is 9.79. The van der Waals surface area contributed by atoms with E-state index < -0.39 is 0 Å². The molecule has 0 radical (unpaired) electrons. The summed E-state index contributed by atoms with van der Waals surface area (Å²) in [5.74, 6) is 1.64. The Morgan fingerprint density at radius 3 is 2.62 bits per heavy atom. The molecule has 0 aliphatic heterocycles. The van der Waals surface area contributed by atoms with Crippen molar-refractivity contribution in [2.75, 3.05) is 20.1 Å². The Balaban J connectivity index is 1.68. The molecule has 1 aliphatic carbocycles. The van der Waals surface area contributed by atoms with Crippen molar-refractivity contribution in [1.82, 2.24) is 15.2 Å². The Labute approximate surface area is 158 Å². The molecular weight excluding hydrogens is 324 g/mol. The SMILES string of the molecule is CN=C(NCCCCn1c(C)cccc1=O)NCC1(CC(C)C)CCC1. The lowest BCUT2D eigenvalue weighted by atomic mass is 9.64. The zero-order chi connectivity index (χ0) is 19.0. The summed E-state index contributed by atoms with van der Waals surface area (Å²) in [5.41, 5.74) is 1.59. The molecule has 1 saturated carbocycles. The van der Waals surface area contributed by atoms with Crippen molar-refractivity contribution < 1.29 is 0 Å². The minimum Gasteiger partial charge on any atom is -0.356 e. The molecule has 0 aromatic carbocycles. The molecular formula is C21H36N4O. The van der Waals surface area contributed by atoms with E-state index in [0.29, 0.717) is 5.41 Å². The summed E-state index contributed by atoms with van der Waals surface area (Å²) in [4.78, 5) is 16.2. The van der Waals surface area contributed by atoms with Crippen molar-refractivity contribution in [1.29, 1.82) is 0 Å². The third kappa shape index (κ3) is 5.89. The molecule has 0 saturated heterocycles. The molecule has 0 unspecified atom stereocenters. The molecule has 146 valence electrons. The van der Waals surface area contributed by atoms with Crippen LogP contribution in [-0.2, 0) is 6.54 Å². The van der Waals surface area contributed by atoms with E-state index in [1.54, 1.807) is 6.07 Å². The van der Waals surface area contributed by atoms with Gasteiger partial charge < -0.3 is 15.2 Å². The fourth-order valence-electron chi connectivity index (χ4n) is 4.00. The van der Waals surface area contributed by atoms with E-state index in [2.05, 4.69) is 29.5 Å². The minimum atomic E-state index is 0.0892. The average molecular weight is 361 g/mol. The molecule has 2 N–H and O–H groups in total. The third-order valence-corrected chi connectivity index (χ3v) is 5.48. The zero-order valence-electron chi connectivity index (χ0n) is 17.0. The molecule has 0 atom stereocenters. The van der Waals surface area contributed by atoms with Crippen LogP contribution in [0.25, 0.3) is 0 Å². The molecule has 26 heavy (non-hydrogen) atoms. The highest BCUT2D eigenvalue weighted by Gasteiger charge is 2.37. The summed E-state index contributed by atoms with van der Waals surface area (Å²) in [6, 6.07) is 5.43. The van der Waals surface area contributed by atoms with Gasteiger partial charge in [-0.05, 0) is 56.4 Å². The third-order valence-electron chi connectivity index (χ3n) is 5.48. The van der Waals surface area contributed by atoms with Gasteiger partial charge in [0, 0.05) is 38.4 Å². The zero-order valence-corrected chi connectivity index (χ0v) is 17.0. The van der Waals surface area contributed by atoms with Crippen LogP contribution in [0.15, 0.2) is 28.0 Å². The second-order valence-corrected chi connectivity index (χ2v) is 8.17. The Hall–Kier alpha value is -1.78. The Morgan fingerprint density at radius 2 is 2.04 bits per heavy atom. The molecule has 1 aromatic rings. The first kappa shape index (κ1) is 20.5. The number of nitrogens with zero attached hydrogens (tertiary/aromatic N) is 2. The van der Waals surface area contributed by atoms with Gasteiger partial charge in [0.15, 0.2) is 5.96 Å². The largest absolute Gasteiger partial charge is 0.356 e. The van der Waals surface area contributed by atoms with Gasteiger partial charge >= 0.3 is 0 Å². The first-order valence-corrected chi connectivity index (χ1v) is 10.1. The number of unbranched alkanes of at least 4 members (excludes halogenated alkanes) is 1. The van der Waals surface area contributed by atoms with Gasteiger partial charge in [-0.3, -0.25) is 9.79 Å². The van der Waals surface area contributed by atoms with Crippen molar-refractivity contribution in [2.45, 2.75) is 65.8 Å². The Kier molecular flexibility index (Phi) is 7.73. The highest BCUT2D eigenvalue weighted by Crippen LogP contribution is 2.45. The van der Waals surface area contributed by atoms with Crippen LogP contribution in [0.5, 0.6) is 0 Å². The molecule has 1 aliphatic rings. The molecule has 5 heteroatoms. The first-order valence-electron chi connectivity index (χ1n) is 10.1. The maximum Gasteiger partial charge on any atom is 0.250 e. The maximum atomic E-state index is 11.9. The fourth-order valence-corrected chi connectivity index (χ4v) is 4.00. The van der Waals surface area contributed by atoms with Crippen LogP contribution in [0, 0.1) is 18.3 Å². The summed E-state index contributed by atoms with van der Waals surface area (Å²) in [7, 11) is 1.83. The molecule has 1 heterocycles. The number of hydrogen-bond acceptors (Lipinski definition) is 2. The molecule has 0 amide bonds. The van der Waals surface area contributed by atoms with Crippen molar-refractivity contribution in [2.24, 2.45) is 16.3 Å². The normalized spacial score (nSPS) is 16.4. The number of aromatic nitrogens is 1. The van der Waals surface area contributed by atoms with E-state index in [4.69, 9.17) is 0 Å². The van der Waals surface area contributed by atoms with Crippen molar-refractivity contribution >= 4 is 5.96 Å². The number of nitrogens with one attached hydrogen (secondary N) is 2. The molecule has 1 fully saturated rings. The van der Waals surface area contributed by atoms with E-state index in [1.165, 1.54) is 25.7 Å². The van der Waals surface area contributed by atoms with Crippen LogP contribution in [0.4, 0.5) is 0 Å². The van der Waals surface area contributed by atoms with Gasteiger partial charge in [-0.25, -0.2) is 0 Å². The molecule has 5 nitrogen and oxygen atoms in total. The van der Waals surface area contributed by atoms with E-state index in [1.807, 2.05) is 30.7 Å². The number of aryl methyl sites for hydroxylation is 1. The van der Waals surface area contributed by atoms with Crippen LogP contribution < -0.4 is 16.2 Å². The molecule has 2 rings (SSSR count). The number of rotatable bonds is 9. The molecule has 0 bridgehead atoms. The fraction of sp³-hybridized carbons (Fsp3) is 0.714. The number of pyridine rings is 1. The van der Waals surface area contributed by atoms with Crippen LogP contribution in [0.3, 0.4) is 0 Å². The summed E-state index contributed by atoms with van der Waals surface area (Å²) in [6.45, 7) is 9.27. The van der Waals surface area contributed by atoms with Gasteiger partial charge in [-0.1, -0.05) is 26.3 Å². The van der Waals surface area contributed by atoms with Crippen molar-refractivity contribution in [3.8, 4) is 0 Å². The minimum absolute atomic E-state index is 0.0892. The second-order valence-electron chi connectivity index (χ2n) is 8.17. The lowest BCUT2D eigenvalue weighted by Gasteiger charge is -2.43. The number of guanidine groups is 1. The predicted octanol–water partition coefficient (Wildman–Crippen LogP) is 3.32. The Morgan fingerprint density at radius 1 is 1.27 bits per heavy atom. The standard InChI is InChI=1S/C21H36N4O/c1-17(2)15-21(11-8-12-21)16-24-20(22-4)23-13-5-6-14-25-18(3)9-7-10-19(25)26/h7,9-10,17H,5-6,8,11-16H2,1-4H3,(H2,22,23,24). The Bertz CT molecular complexity index is 644. The average Bonchev–Trinajstić information content (AvgIpc) is 2.56. The smallest absolute Gasteiger partial charge is 0.250 e. The highest BCUT2D eigenvalue weighted by atomic mass is 16.1. The summed E-state index contributed by atoms with van der Waals surface area (Å²) in [5, 5.41) is 6.94. The monoisotopic (exact) mass is 360 g/mol. The van der Waals surface area contributed by atoms with E-state index in [-0.39, 0.29) is 5.56 Å². The molecule has 1 aromatic heterocycles. The van der Waals surface area contributed by atoms with Crippen LogP contribution in [-0.4, -0.2) is 30.7 Å². The van der Waals surface area contributed by atoms with Gasteiger partial charge in [0.05, 0.1) is 0 Å². The quantitative estimate of drug-likeness (QED) is 0.403. The van der Waals surface area contributed by atoms with E-state index >= 15 is 0 Å². The van der Waals surface area contributed by atoms with Gasteiger partial charge in [-0.2, -0.15) is 0 Å². The van der Waals surface area contributed by atoms with E-state index in [9.17, 15) is 4.79 Å².